The molecule has 1 rings (SSSR count). The number of nitrogens with zero attached hydrogens (tertiary/aromatic N) is 1. The summed E-state index contributed by atoms with van der Waals surface area (Å²) in [5, 5.41) is 17.1. The Morgan fingerprint density at radius 3 is 2.80 bits per heavy atom. The molecule has 15 heavy (non-hydrogen) atoms. The average Bonchev–Trinajstić information content (AvgIpc) is 2.19. The molecule has 0 saturated heterocycles. The lowest BCUT2D eigenvalue weighted by atomic mass is 10.1. The van der Waals surface area contributed by atoms with E-state index in [-0.39, 0.29) is 6.42 Å². The molecule has 0 aromatic heterocycles. The highest BCUT2D eigenvalue weighted by Gasteiger charge is 1.99. The van der Waals surface area contributed by atoms with Crippen molar-refractivity contribution in [1.82, 2.24) is 0 Å². The second kappa shape index (κ2) is 4.69. The molecule has 0 aliphatic heterocycles. The van der Waals surface area contributed by atoms with Gasteiger partial charge < -0.3 is 10.8 Å². The lowest BCUT2D eigenvalue weighted by molar-refractivity contribution is -0.135. The Labute approximate surface area is 86.9 Å². The van der Waals surface area contributed by atoms with Crippen molar-refractivity contribution < 1.29 is 9.90 Å². The van der Waals surface area contributed by atoms with Gasteiger partial charge in [-0.05, 0) is 18.2 Å². The largest absolute Gasteiger partial charge is 0.481 e. The number of carboxylic acid groups (broad SMARTS) is 1. The zero-order valence-corrected chi connectivity index (χ0v) is 7.82. The fourth-order valence-electron chi connectivity index (χ4n) is 0.978. The van der Waals surface area contributed by atoms with E-state index in [0.717, 1.165) is 0 Å². The Hall–Kier alpha value is -2.46. The van der Waals surface area contributed by atoms with Crippen LogP contribution in [0.1, 0.15) is 17.5 Å². The molecule has 0 aliphatic carbocycles. The lowest BCUT2D eigenvalue weighted by Crippen LogP contribution is -1.92. The summed E-state index contributed by atoms with van der Waals surface area (Å²) in [4.78, 5) is 10.2. The van der Waals surface area contributed by atoms with Gasteiger partial charge >= 0.3 is 5.97 Å². The first-order chi connectivity index (χ1) is 7.13. The van der Waals surface area contributed by atoms with E-state index in [2.05, 4.69) is 11.8 Å². The van der Waals surface area contributed by atoms with Crippen molar-refractivity contribution in [1.29, 1.82) is 5.26 Å². The van der Waals surface area contributed by atoms with Crippen LogP contribution >= 0.6 is 0 Å². The van der Waals surface area contributed by atoms with E-state index in [4.69, 9.17) is 16.1 Å². The monoisotopic (exact) mass is 200 g/mol. The summed E-state index contributed by atoms with van der Waals surface area (Å²) in [6.45, 7) is 0. The average molecular weight is 200 g/mol. The van der Waals surface area contributed by atoms with Gasteiger partial charge in [0.25, 0.3) is 0 Å². The SMILES string of the molecule is N#Cc1cc(N)ccc1C#CCC(=O)O. The third-order valence-corrected chi connectivity index (χ3v) is 1.63. The van der Waals surface area contributed by atoms with Gasteiger partial charge in [-0.25, -0.2) is 0 Å². The standard InChI is InChI=1S/C11H8N2O2/c12-7-9-6-10(13)5-4-8(9)2-1-3-11(14)15/h4-6H,3,13H2,(H,14,15). The van der Waals surface area contributed by atoms with Gasteiger partial charge in [0.1, 0.15) is 12.5 Å². The van der Waals surface area contributed by atoms with Crippen LogP contribution in [-0.4, -0.2) is 11.1 Å². The highest BCUT2D eigenvalue weighted by Crippen LogP contribution is 2.11. The topological polar surface area (TPSA) is 87.1 Å². The number of hydrogen-bond donors (Lipinski definition) is 2. The van der Waals surface area contributed by atoms with Gasteiger partial charge in [0, 0.05) is 11.3 Å². The van der Waals surface area contributed by atoms with Crippen molar-refractivity contribution in [2.75, 3.05) is 5.73 Å². The normalized spacial score (nSPS) is 8.47. The first kappa shape index (κ1) is 10.6. The van der Waals surface area contributed by atoms with Crippen LogP contribution in [0.2, 0.25) is 0 Å². The second-order valence-electron chi connectivity index (χ2n) is 2.79. The molecule has 0 saturated carbocycles. The number of nitrogen functional groups attached to an aromatic ring is 1. The van der Waals surface area contributed by atoms with Gasteiger partial charge in [-0.2, -0.15) is 5.26 Å². The highest BCUT2D eigenvalue weighted by atomic mass is 16.4. The van der Waals surface area contributed by atoms with E-state index >= 15 is 0 Å². The summed E-state index contributed by atoms with van der Waals surface area (Å²) in [7, 11) is 0. The van der Waals surface area contributed by atoms with Crippen molar-refractivity contribution in [3.63, 3.8) is 0 Å². The van der Waals surface area contributed by atoms with E-state index in [1.807, 2.05) is 6.07 Å². The molecular formula is C11H8N2O2. The Bertz CT molecular complexity index is 490. The maximum atomic E-state index is 10.2. The molecule has 0 atom stereocenters. The molecule has 0 aliphatic rings. The number of benzene rings is 1. The molecule has 0 spiro atoms. The minimum Gasteiger partial charge on any atom is -0.481 e. The molecule has 4 heteroatoms. The third kappa shape index (κ3) is 3.06. The molecule has 0 heterocycles. The molecule has 3 N–H and O–H groups in total. The number of rotatable bonds is 1. The van der Waals surface area contributed by atoms with E-state index in [9.17, 15) is 4.79 Å². The molecule has 0 amide bonds. The number of nitriles is 1. The molecule has 1 aromatic rings. The zero-order valence-electron chi connectivity index (χ0n) is 7.82. The Balaban J connectivity index is 2.99. The van der Waals surface area contributed by atoms with Crippen LogP contribution in [0.5, 0.6) is 0 Å². The third-order valence-electron chi connectivity index (χ3n) is 1.63. The summed E-state index contributed by atoms with van der Waals surface area (Å²) in [6.07, 6.45) is -0.241. The fraction of sp³-hybridized carbons (Fsp3) is 0.0909. The molecule has 0 unspecified atom stereocenters. The van der Waals surface area contributed by atoms with Crippen LogP contribution in [0.4, 0.5) is 5.69 Å². The molecule has 0 fully saturated rings. The summed E-state index contributed by atoms with van der Waals surface area (Å²) < 4.78 is 0. The van der Waals surface area contributed by atoms with Gasteiger partial charge in [0.05, 0.1) is 5.56 Å². The number of hydrogen-bond acceptors (Lipinski definition) is 3. The summed E-state index contributed by atoms with van der Waals surface area (Å²) in [5.41, 5.74) is 6.82. The predicted molar refractivity (Wildman–Crippen MR) is 54.7 cm³/mol. The van der Waals surface area contributed by atoms with Crippen molar-refractivity contribution in [2.24, 2.45) is 0 Å². The van der Waals surface area contributed by atoms with Crippen LogP contribution < -0.4 is 5.73 Å². The predicted octanol–water partition coefficient (Wildman–Crippen LogP) is 0.967. The summed E-state index contributed by atoms with van der Waals surface area (Å²) in [6, 6.07) is 6.67. The number of aliphatic carboxylic acids is 1. The van der Waals surface area contributed by atoms with E-state index in [1.165, 1.54) is 6.07 Å². The fourth-order valence-corrected chi connectivity index (χ4v) is 0.978. The van der Waals surface area contributed by atoms with E-state index in [0.29, 0.717) is 16.8 Å². The van der Waals surface area contributed by atoms with Crippen LogP contribution in [0.15, 0.2) is 18.2 Å². The molecule has 0 radical (unpaired) electrons. The van der Waals surface area contributed by atoms with Crippen molar-refractivity contribution in [2.45, 2.75) is 6.42 Å². The van der Waals surface area contributed by atoms with Crippen LogP contribution in [0.3, 0.4) is 0 Å². The van der Waals surface area contributed by atoms with Gasteiger partial charge in [0.15, 0.2) is 0 Å². The lowest BCUT2D eigenvalue weighted by Gasteiger charge is -1.96. The number of anilines is 1. The Morgan fingerprint density at radius 2 is 2.20 bits per heavy atom. The quantitative estimate of drug-likeness (QED) is 0.522. The molecule has 4 nitrogen and oxygen atoms in total. The highest BCUT2D eigenvalue weighted by molar-refractivity contribution is 5.70. The summed E-state index contributed by atoms with van der Waals surface area (Å²) >= 11 is 0. The maximum Gasteiger partial charge on any atom is 0.315 e. The van der Waals surface area contributed by atoms with Gasteiger partial charge in [0.2, 0.25) is 0 Å². The minimum absolute atomic E-state index is 0.241. The summed E-state index contributed by atoms with van der Waals surface area (Å²) in [5.74, 6) is 4.08. The Kier molecular flexibility index (Phi) is 3.32. The van der Waals surface area contributed by atoms with Crippen LogP contribution in [-0.2, 0) is 4.79 Å². The van der Waals surface area contributed by atoms with Gasteiger partial charge in [-0.3, -0.25) is 4.79 Å². The van der Waals surface area contributed by atoms with E-state index < -0.39 is 5.97 Å². The number of nitrogens with two attached hydrogens (primary N) is 1. The van der Waals surface area contributed by atoms with Crippen molar-refractivity contribution >= 4 is 11.7 Å². The molecular weight excluding hydrogens is 192 g/mol. The van der Waals surface area contributed by atoms with Crippen molar-refractivity contribution in [3.05, 3.63) is 29.3 Å². The molecule has 74 valence electrons. The molecule has 0 bridgehead atoms. The first-order valence-corrected chi connectivity index (χ1v) is 4.14. The van der Waals surface area contributed by atoms with E-state index in [1.54, 1.807) is 12.1 Å². The number of carbonyl (C=O) groups is 1. The van der Waals surface area contributed by atoms with Crippen molar-refractivity contribution in [3.8, 4) is 17.9 Å². The maximum absolute atomic E-state index is 10.2. The first-order valence-electron chi connectivity index (χ1n) is 4.14. The number of carboxylic acids is 1. The smallest absolute Gasteiger partial charge is 0.315 e. The van der Waals surface area contributed by atoms with Gasteiger partial charge in [-0.1, -0.05) is 11.8 Å². The van der Waals surface area contributed by atoms with Gasteiger partial charge in [-0.15, -0.1) is 0 Å². The molecule has 1 aromatic carbocycles. The van der Waals surface area contributed by atoms with Crippen LogP contribution in [0, 0.1) is 23.2 Å². The van der Waals surface area contributed by atoms with Crippen LogP contribution in [0.25, 0.3) is 0 Å². The zero-order chi connectivity index (χ0) is 11.3. The Morgan fingerprint density at radius 1 is 1.47 bits per heavy atom. The minimum atomic E-state index is -0.989. The second-order valence-corrected chi connectivity index (χ2v) is 2.79.